The zero-order valence-corrected chi connectivity index (χ0v) is 19.2. The van der Waals surface area contributed by atoms with Crippen molar-refractivity contribution in [2.24, 2.45) is 0 Å². The molecule has 1 saturated heterocycles. The van der Waals surface area contributed by atoms with Crippen molar-refractivity contribution in [1.82, 2.24) is 4.57 Å². The lowest BCUT2D eigenvalue weighted by Gasteiger charge is -2.31. The summed E-state index contributed by atoms with van der Waals surface area (Å²) in [6.45, 7) is 4.92. The molecule has 0 radical (unpaired) electrons. The quantitative estimate of drug-likeness (QED) is 0.582. The summed E-state index contributed by atoms with van der Waals surface area (Å²) in [4.78, 5) is 2.37. The Hall–Kier alpha value is -2.71. The number of anilines is 3. The summed E-state index contributed by atoms with van der Waals surface area (Å²) in [6.07, 6.45) is 3.52. The van der Waals surface area contributed by atoms with E-state index >= 15 is 0 Å². The van der Waals surface area contributed by atoms with E-state index in [1.807, 2.05) is 24.3 Å². The van der Waals surface area contributed by atoms with E-state index in [9.17, 15) is 8.42 Å². The first-order valence-corrected chi connectivity index (χ1v) is 13.0. The number of hydrogen-bond acceptors (Lipinski definition) is 5. The predicted molar refractivity (Wildman–Crippen MR) is 131 cm³/mol. The summed E-state index contributed by atoms with van der Waals surface area (Å²) in [5.74, 6) is 0.0447. The third-order valence-electron chi connectivity index (χ3n) is 6.65. The molecule has 170 valence electrons. The highest BCUT2D eigenvalue weighted by atomic mass is 32.2. The van der Waals surface area contributed by atoms with Gasteiger partial charge in [-0.25, -0.2) is 8.42 Å². The molecule has 2 heterocycles. The maximum atomic E-state index is 11.9. The Kier molecular flexibility index (Phi) is 5.51. The fourth-order valence-corrected chi connectivity index (χ4v) is 5.25. The van der Waals surface area contributed by atoms with E-state index in [0.29, 0.717) is 11.7 Å². The Morgan fingerprint density at radius 2 is 1.81 bits per heavy atom. The molecule has 1 aliphatic carbocycles. The van der Waals surface area contributed by atoms with Gasteiger partial charge < -0.3 is 19.9 Å². The maximum absolute atomic E-state index is 11.9. The molecule has 1 aliphatic heterocycles. The van der Waals surface area contributed by atoms with Crippen LogP contribution in [0.15, 0.2) is 42.5 Å². The highest BCUT2D eigenvalue weighted by Crippen LogP contribution is 2.45. The molecular formula is C24H30N4O3S. The number of morpholine rings is 1. The second-order valence-corrected chi connectivity index (χ2v) is 10.6. The zero-order chi connectivity index (χ0) is 22.3. The first-order valence-electron chi connectivity index (χ1n) is 11.3. The van der Waals surface area contributed by atoms with Crippen LogP contribution in [0.25, 0.3) is 22.2 Å². The van der Waals surface area contributed by atoms with Crippen LogP contribution < -0.4 is 15.4 Å². The fourth-order valence-electron chi connectivity index (χ4n) is 4.61. The number of fused-ring (bicyclic) bond motifs is 1. The van der Waals surface area contributed by atoms with Crippen LogP contribution in [0, 0.1) is 0 Å². The van der Waals surface area contributed by atoms with Gasteiger partial charge in [-0.3, -0.25) is 4.72 Å². The van der Waals surface area contributed by atoms with Gasteiger partial charge >= 0.3 is 0 Å². The average molecular weight is 455 g/mol. The molecule has 3 aromatic rings. The highest BCUT2D eigenvalue weighted by molar-refractivity contribution is 7.92. The molecule has 0 bridgehead atoms. The van der Waals surface area contributed by atoms with E-state index < -0.39 is 10.0 Å². The van der Waals surface area contributed by atoms with Crippen LogP contribution in [-0.2, 0) is 14.8 Å². The third kappa shape index (κ3) is 3.82. The molecule has 5 rings (SSSR count). The van der Waals surface area contributed by atoms with E-state index in [1.54, 1.807) is 6.92 Å². The van der Waals surface area contributed by atoms with Crippen LogP contribution in [0.5, 0.6) is 0 Å². The van der Waals surface area contributed by atoms with Gasteiger partial charge in [-0.15, -0.1) is 0 Å². The number of hydrogen-bond donors (Lipinski definition) is 2. The summed E-state index contributed by atoms with van der Waals surface area (Å²) >= 11 is 0. The summed E-state index contributed by atoms with van der Waals surface area (Å²) in [7, 11) is -3.30. The Morgan fingerprint density at radius 3 is 2.44 bits per heavy atom. The summed E-state index contributed by atoms with van der Waals surface area (Å²) < 4.78 is 34.3. The Morgan fingerprint density at radius 1 is 1.09 bits per heavy atom. The number of sulfonamides is 1. The van der Waals surface area contributed by atoms with Crippen LogP contribution in [0.1, 0.15) is 32.2 Å². The Labute approximate surface area is 189 Å². The smallest absolute Gasteiger partial charge is 0.232 e. The lowest BCUT2D eigenvalue weighted by Crippen LogP contribution is -2.36. The third-order valence-corrected chi connectivity index (χ3v) is 7.96. The molecule has 2 aliphatic rings. The molecular weight excluding hydrogens is 424 g/mol. The van der Waals surface area contributed by atoms with E-state index in [2.05, 4.69) is 32.4 Å². The number of nitrogens with zero attached hydrogens (tertiary/aromatic N) is 2. The van der Waals surface area contributed by atoms with E-state index in [0.717, 1.165) is 61.5 Å². The van der Waals surface area contributed by atoms with Gasteiger partial charge in [0.25, 0.3) is 0 Å². The standard InChI is InChI=1S/C24H30N4O3S/c1-2-32(29,30)26-18-8-6-17(7-9-18)24-23(25)21-11-10-20(27-12-14-31-15-13-27)16-22(21)28(24)19-4-3-5-19/h6-11,16,19,26H,2-5,12-15,25H2,1H3. The first kappa shape index (κ1) is 21.2. The summed E-state index contributed by atoms with van der Waals surface area (Å²) in [5, 5.41) is 1.07. The maximum Gasteiger partial charge on any atom is 0.232 e. The van der Waals surface area contributed by atoms with Crippen LogP contribution in [0.3, 0.4) is 0 Å². The van der Waals surface area contributed by atoms with Crippen LogP contribution in [-0.4, -0.2) is 45.0 Å². The molecule has 2 aromatic carbocycles. The molecule has 1 aromatic heterocycles. The minimum Gasteiger partial charge on any atom is -0.396 e. The molecule has 0 atom stereocenters. The molecule has 0 unspecified atom stereocenters. The van der Waals surface area contributed by atoms with Crippen molar-refractivity contribution in [1.29, 1.82) is 0 Å². The van der Waals surface area contributed by atoms with Gasteiger partial charge in [-0.05, 0) is 56.5 Å². The van der Waals surface area contributed by atoms with Crippen LogP contribution in [0.2, 0.25) is 0 Å². The molecule has 0 spiro atoms. The number of ether oxygens (including phenoxy) is 1. The highest BCUT2D eigenvalue weighted by Gasteiger charge is 2.27. The molecule has 7 nitrogen and oxygen atoms in total. The molecule has 1 saturated carbocycles. The van der Waals surface area contributed by atoms with Crippen molar-refractivity contribution in [2.45, 2.75) is 32.2 Å². The lowest BCUT2D eigenvalue weighted by atomic mass is 9.92. The number of nitrogens with two attached hydrogens (primary N) is 1. The molecule has 32 heavy (non-hydrogen) atoms. The molecule has 2 fully saturated rings. The van der Waals surface area contributed by atoms with Crippen molar-refractivity contribution in [3.63, 3.8) is 0 Å². The lowest BCUT2D eigenvalue weighted by molar-refractivity contribution is 0.122. The number of rotatable bonds is 6. The SMILES string of the molecule is CCS(=O)(=O)Nc1ccc(-c2c(N)c3ccc(N4CCOCC4)cc3n2C2CCC2)cc1. The number of aromatic nitrogens is 1. The van der Waals surface area contributed by atoms with Gasteiger partial charge in [0, 0.05) is 41.5 Å². The van der Waals surface area contributed by atoms with Gasteiger partial charge in [-0.2, -0.15) is 0 Å². The van der Waals surface area contributed by atoms with Crippen molar-refractivity contribution in [3.05, 3.63) is 42.5 Å². The van der Waals surface area contributed by atoms with Gasteiger partial charge in [-0.1, -0.05) is 12.1 Å². The topological polar surface area (TPSA) is 89.6 Å². The van der Waals surface area contributed by atoms with Crippen molar-refractivity contribution in [2.75, 3.05) is 47.4 Å². The minimum absolute atomic E-state index is 0.0447. The molecule has 8 heteroatoms. The van der Waals surface area contributed by atoms with Gasteiger partial charge in [0.1, 0.15) is 0 Å². The van der Waals surface area contributed by atoms with E-state index in [4.69, 9.17) is 10.5 Å². The number of benzene rings is 2. The second-order valence-electron chi connectivity index (χ2n) is 8.60. The zero-order valence-electron chi connectivity index (χ0n) is 18.4. The predicted octanol–water partition coefficient (Wildman–Crippen LogP) is 4.21. The Balaban J connectivity index is 1.58. The van der Waals surface area contributed by atoms with E-state index in [1.165, 1.54) is 17.6 Å². The number of nitrogen functional groups attached to an aromatic ring is 1. The first-order chi connectivity index (χ1) is 15.5. The van der Waals surface area contributed by atoms with Gasteiger partial charge in [0.15, 0.2) is 0 Å². The Bertz CT molecular complexity index is 1220. The van der Waals surface area contributed by atoms with Crippen LogP contribution >= 0.6 is 0 Å². The van der Waals surface area contributed by atoms with Crippen molar-refractivity contribution >= 4 is 38.0 Å². The number of nitrogens with one attached hydrogen (secondary N) is 1. The summed E-state index contributed by atoms with van der Waals surface area (Å²) in [5.41, 5.74) is 12.4. The van der Waals surface area contributed by atoms with Crippen molar-refractivity contribution in [3.8, 4) is 11.3 Å². The normalized spacial score (nSPS) is 17.5. The molecule has 0 amide bonds. The second kappa shape index (κ2) is 8.33. The summed E-state index contributed by atoms with van der Waals surface area (Å²) in [6, 6.07) is 14.5. The average Bonchev–Trinajstić information content (AvgIpc) is 3.05. The van der Waals surface area contributed by atoms with Crippen molar-refractivity contribution < 1.29 is 13.2 Å². The fraction of sp³-hybridized carbons (Fsp3) is 0.417. The van der Waals surface area contributed by atoms with E-state index in [-0.39, 0.29) is 5.75 Å². The minimum atomic E-state index is -3.30. The van der Waals surface area contributed by atoms with Gasteiger partial charge in [0.05, 0.1) is 35.9 Å². The monoisotopic (exact) mass is 454 g/mol. The molecule has 3 N–H and O–H groups in total. The van der Waals surface area contributed by atoms with Gasteiger partial charge in [0.2, 0.25) is 10.0 Å². The van der Waals surface area contributed by atoms with Crippen LogP contribution in [0.4, 0.5) is 17.1 Å². The largest absolute Gasteiger partial charge is 0.396 e.